The van der Waals surface area contributed by atoms with Gasteiger partial charge in [-0.05, 0) is 77.8 Å². The minimum atomic E-state index is -0.955. The summed E-state index contributed by atoms with van der Waals surface area (Å²) in [6, 6.07) is 29.2. The Balaban J connectivity index is 1.47. The fraction of sp³-hybridized carbons (Fsp3) is 0.235. The molecule has 2 N–H and O–H groups in total. The van der Waals surface area contributed by atoms with E-state index in [-0.39, 0.29) is 11.5 Å². The molecule has 0 aliphatic heterocycles. The second-order valence-corrected chi connectivity index (χ2v) is 9.74. The first-order valence-electron chi connectivity index (χ1n) is 13.5. The molecule has 0 atom stereocenters. The molecular formula is C34H35NO5. The van der Waals surface area contributed by atoms with Crippen LogP contribution in [0.3, 0.4) is 0 Å². The van der Waals surface area contributed by atoms with Gasteiger partial charge in [0.15, 0.2) is 0 Å². The van der Waals surface area contributed by atoms with E-state index in [1.807, 2.05) is 36.4 Å². The number of carbonyl (C=O) groups is 2. The van der Waals surface area contributed by atoms with Crippen LogP contribution in [0.15, 0.2) is 91.0 Å². The first kappa shape index (κ1) is 28.4. The van der Waals surface area contributed by atoms with Crippen LogP contribution in [-0.4, -0.2) is 23.5 Å². The molecule has 0 bridgehead atoms. The molecule has 40 heavy (non-hydrogen) atoms. The summed E-state index contributed by atoms with van der Waals surface area (Å²) in [5.41, 5.74) is 6.84. The Hall–Kier alpha value is -4.58. The van der Waals surface area contributed by atoms with Gasteiger partial charge in [-0.3, -0.25) is 4.79 Å². The standard InChI is InChI=1S/C34H35NO5/c1-24-30(12-8-13-32(24)27-9-4-3-5-10-27)23-39-31-19-18-28(11-6-7-20-35-25(2)36)33(21-31)40-22-26-14-16-29(17-15-26)34(37)38/h3-5,8-10,12-19,21H,6-7,11,20,22-23H2,1-2H3,(H,35,36)(H,37,38). The highest BCUT2D eigenvalue weighted by Crippen LogP contribution is 2.30. The summed E-state index contributed by atoms with van der Waals surface area (Å²) in [5.74, 6) is 0.462. The van der Waals surface area contributed by atoms with Gasteiger partial charge in [-0.1, -0.05) is 66.7 Å². The zero-order chi connectivity index (χ0) is 28.3. The van der Waals surface area contributed by atoms with Gasteiger partial charge >= 0.3 is 5.97 Å². The van der Waals surface area contributed by atoms with E-state index in [4.69, 9.17) is 14.6 Å². The normalized spacial score (nSPS) is 10.7. The Morgan fingerprint density at radius 3 is 2.30 bits per heavy atom. The monoisotopic (exact) mass is 537 g/mol. The van der Waals surface area contributed by atoms with Gasteiger partial charge in [-0.2, -0.15) is 0 Å². The van der Waals surface area contributed by atoms with Crippen molar-refractivity contribution in [1.29, 1.82) is 0 Å². The number of benzene rings is 4. The molecule has 0 heterocycles. The molecule has 0 radical (unpaired) electrons. The van der Waals surface area contributed by atoms with Gasteiger partial charge in [0, 0.05) is 19.5 Å². The second kappa shape index (κ2) is 14.0. The average molecular weight is 538 g/mol. The van der Waals surface area contributed by atoms with Gasteiger partial charge in [-0.15, -0.1) is 0 Å². The Bertz CT molecular complexity index is 1430. The van der Waals surface area contributed by atoms with E-state index in [9.17, 15) is 9.59 Å². The van der Waals surface area contributed by atoms with Crippen LogP contribution in [0.1, 0.15) is 52.4 Å². The molecule has 0 fully saturated rings. The van der Waals surface area contributed by atoms with Gasteiger partial charge in [0.1, 0.15) is 24.7 Å². The smallest absolute Gasteiger partial charge is 0.335 e. The molecule has 0 saturated heterocycles. The van der Waals surface area contributed by atoms with Crippen molar-refractivity contribution < 1.29 is 24.2 Å². The van der Waals surface area contributed by atoms with Crippen molar-refractivity contribution in [3.8, 4) is 22.6 Å². The van der Waals surface area contributed by atoms with Crippen LogP contribution in [0.2, 0.25) is 0 Å². The van der Waals surface area contributed by atoms with Crippen LogP contribution in [0.5, 0.6) is 11.5 Å². The first-order chi connectivity index (χ1) is 19.4. The topological polar surface area (TPSA) is 84.9 Å². The maximum atomic E-state index is 11.2. The summed E-state index contributed by atoms with van der Waals surface area (Å²) in [7, 11) is 0. The highest BCUT2D eigenvalue weighted by molar-refractivity contribution is 5.87. The van der Waals surface area contributed by atoms with E-state index in [1.54, 1.807) is 24.3 Å². The quantitative estimate of drug-likeness (QED) is 0.180. The highest BCUT2D eigenvalue weighted by atomic mass is 16.5. The minimum Gasteiger partial charge on any atom is -0.489 e. The van der Waals surface area contributed by atoms with Gasteiger partial charge in [-0.25, -0.2) is 4.79 Å². The van der Waals surface area contributed by atoms with E-state index in [0.29, 0.717) is 25.5 Å². The summed E-state index contributed by atoms with van der Waals surface area (Å²) in [4.78, 5) is 22.3. The number of carboxylic acids is 1. The first-order valence-corrected chi connectivity index (χ1v) is 13.5. The lowest BCUT2D eigenvalue weighted by molar-refractivity contribution is -0.118. The summed E-state index contributed by atoms with van der Waals surface area (Å²) in [6.07, 6.45) is 2.56. The number of rotatable bonds is 13. The van der Waals surface area contributed by atoms with Crippen molar-refractivity contribution in [1.82, 2.24) is 5.32 Å². The summed E-state index contributed by atoms with van der Waals surface area (Å²) < 4.78 is 12.4. The van der Waals surface area contributed by atoms with Crippen LogP contribution in [0.25, 0.3) is 11.1 Å². The molecule has 4 aromatic carbocycles. The second-order valence-electron chi connectivity index (χ2n) is 9.74. The van der Waals surface area contributed by atoms with Crippen LogP contribution in [0.4, 0.5) is 0 Å². The lowest BCUT2D eigenvalue weighted by Gasteiger charge is -2.16. The Labute approximate surface area is 235 Å². The minimum absolute atomic E-state index is 0.0241. The molecule has 0 saturated carbocycles. The predicted octanol–water partition coefficient (Wildman–Crippen LogP) is 6.98. The summed E-state index contributed by atoms with van der Waals surface area (Å²) >= 11 is 0. The third kappa shape index (κ3) is 7.96. The van der Waals surface area contributed by atoms with Crippen molar-refractivity contribution >= 4 is 11.9 Å². The van der Waals surface area contributed by atoms with Gasteiger partial charge in [0.05, 0.1) is 5.56 Å². The van der Waals surface area contributed by atoms with E-state index in [2.05, 4.69) is 42.6 Å². The fourth-order valence-electron chi connectivity index (χ4n) is 4.51. The van der Waals surface area contributed by atoms with Gasteiger partial charge < -0.3 is 19.9 Å². The van der Waals surface area contributed by atoms with Gasteiger partial charge in [0.2, 0.25) is 5.91 Å². The molecule has 6 heteroatoms. The van der Waals surface area contributed by atoms with Crippen molar-refractivity contribution in [2.24, 2.45) is 0 Å². The largest absolute Gasteiger partial charge is 0.489 e. The van der Waals surface area contributed by atoms with E-state index >= 15 is 0 Å². The molecule has 0 aliphatic rings. The molecular weight excluding hydrogens is 502 g/mol. The maximum absolute atomic E-state index is 11.2. The molecule has 0 aliphatic carbocycles. The lowest BCUT2D eigenvalue weighted by Crippen LogP contribution is -2.20. The predicted molar refractivity (Wildman–Crippen MR) is 157 cm³/mol. The zero-order valence-corrected chi connectivity index (χ0v) is 23.0. The summed E-state index contributed by atoms with van der Waals surface area (Å²) in [5, 5.41) is 12.0. The number of hydrogen-bond donors (Lipinski definition) is 2. The Morgan fingerprint density at radius 1 is 0.800 bits per heavy atom. The molecule has 0 aromatic heterocycles. The third-order valence-electron chi connectivity index (χ3n) is 6.81. The third-order valence-corrected chi connectivity index (χ3v) is 6.81. The van der Waals surface area contributed by atoms with Crippen molar-refractivity contribution in [3.63, 3.8) is 0 Å². The summed E-state index contributed by atoms with van der Waals surface area (Å²) in [6.45, 7) is 5.02. The number of hydrogen-bond acceptors (Lipinski definition) is 4. The van der Waals surface area contributed by atoms with Crippen molar-refractivity contribution in [2.45, 2.75) is 46.3 Å². The molecule has 4 aromatic rings. The van der Waals surface area contributed by atoms with E-state index in [0.717, 1.165) is 41.7 Å². The number of aryl methyl sites for hydroxylation is 1. The van der Waals surface area contributed by atoms with E-state index < -0.39 is 5.97 Å². The van der Waals surface area contributed by atoms with Crippen LogP contribution >= 0.6 is 0 Å². The van der Waals surface area contributed by atoms with Crippen molar-refractivity contribution in [3.05, 3.63) is 119 Å². The molecule has 1 amide bonds. The Morgan fingerprint density at radius 2 is 1.57 bits per heavy atom. The molecule has 206 valence electrons. The number of ether oxygens (including phenoxy) is 2. The Kier molecular flexibility index (Phi) is 9.94. The van der Waals surface area contributed by atoms with E-state index in [1.165, 1.54) is 23.6 Å². The highest BCUT2D eigenvalue weighted by Gasteiger charge is 2.11. The molecule has 6 nitrogen and oxygen atoms in total. The molecule has 0 spiro atoms. The number of carbonyl (C=O) groups excluding carboxylic acids is 1. The number of nitrogens with one attached hydrogen (secondary N) is 1. The maximum Gasteiger partial charge on any atom is 0.335 e. The fourth-order valence-corrected chi connectivity index (χ4v) is 4.51. The molecule has 0 unspecified atom stereocenters. The average Bonchev–Trinajstić information content (AvgIpc) is 2.96. The van der Waals surface area contributed by atoms with Crippen molar-refractivity contribution in [2.75, 3.05) is 6.54 Å². The number of carboxylic acid groups (broad SMARTS) is 1. The van der Waals surface area contributed by atoms with Gasteiger partial charge in [0.25, 0.3) is 0 Å². The molecule has 4 rings (SSSR count). The zero-order valence-electron chi connectivity index (χ0n) is 23.0. The SMILES string of the molecule is CC(=O)NCCCCc1ccc(OCc2cccc(-c3ccccc3)c2C)cc1OCc1ccc(C(=O)O)cc1. The van der Waals surface area contributed by atoms with Crippen LogP contribution in [-0.2, 0) is 24.4 Å². The number of amides is 1. The number of aromatic carboxylic acids is 1. The number of unbranched alkanes of at least 4 members (excludes halogenated alkanes) is 1. The lowest BCUT2D eigenvalue weighted by atomic mass is 9.97. The van der Waals surface area contributed by atoms with Crippen LogP contribution < -0.4 is 14.8 Å². The van der Waals surface area contributed by atoms with Crippen LogP contribution in [0, 0.1) is 6.92 Å².